The number of nitrogens with zero attached hydrogens (tertiary/aromatic N) is 2. The van der Waals surface area contributed by atoms with Gasteiger partial charge >= 0.3 is 0 Å². The predicted molar refractivity (Wildman–Crippen MR) is 70.1 cm³/mol. The largest absolute Gasteiger partial charge is 0.392 e. The summed E-state index contributed by atoms with van der Waals surface area (Å²) in [6, 6.07) is 5.87. The van der Waals surface area contributed by atoms with E-state index in [2.05, 4.69) is 4.98 Å². The van der Waals surface area contributed by atoms with Crippen LogP contribution in [0.4, 0.5) is 0 Å². The fourth-order valence-corrected chi connectivity index (χ4v) is 2.59. The van der Waals surface area contributed by atoms with Crippen molar-refractivity contribution in [3.8, 4) is 0 Å². The molecule has 92 valence electrons. The number of thioether (sulfide) groups is 1. The molecule has 2 rings (SSSR count). The molecule has 0 aromatic carbocycles. The number of aliphatic hydroxyl groups excluding tert-OH is 1. The highest BCUT2D eigenvalue weighted by atomic mass is 32.2. The van der Waals surface area contributed by atoms with Gasteiger partial charge in [0.15, 0.2) is 0 Å². The molecule has 0 saturated carbocycles. The van der Waals surface area contributed by atoms with Gasteiger partial charge in [0.25, 0.3) is 0 Å². The number of hydrogen-bond acceptors (Lipinski definition) is 4. The van der Waals surface area contributed by atoms with Crippen LogP contribution in [-0.2, 0) is 6.54 Å². The van der Waals surface area contributed by atoms with Gasteiger partial charge in [0.1, 0.15) is 10.7 Å². The normalized spacial score (nSPS) is 15.1. The lowest BCUT2D eigenvalue weighted by molar-refractivity contribution is 0.196. The zero-order valence-electron chi connectivity index (χ0n) is 10.00. The molecule has 2 unspecified atom stereocenters. The molecule has 3 N–H and O–H groups in total. The van der Waals surface area contributed by atoms with Gasteiger partial charge in [-0.05, 0) is 19.1 Å². The fourth-order valence-electron chi connectivity index (χ4n) is 1.58. The Morgan fingerprint density at radius 2 is 2.24 bits per heavy atom. The molecule has 4 nitrogen and oxygen atoms in total. The van der Waals surface area contributed by atoms with Gasteiger partial charge < -0.3 is 15.2 Å². The molecule has 0 amide bonds. The Balaban J connectivity index is 2.39. The molecule has 0 fully saturated rings. The Morgan fingerprint density at radius 1 is 1.47 bits per heavy atom. The summed E-state index contributed by atoms with van der Waals surface area (Å²) < 4.78 is 2.00. The standard InChI is InChI=1S/C12H17N3OS/c1-8(16)9(2)17-12-10(7-13)15-6-4-3-5-11(15)14-12/h3-6,8-9,16H,7,13H2,1-2H3. The summed E-state index contributed by atoms with van der Waals surface area (Å²) in [5.74, 6) is 0. The first kappa shape index (κ1) is 12.4. The number of aromatic nitrogens is 2. The topological polar surface area (TPSA) is 63.5 Å². The van der Waals surface area contributed by atoms with Crippen LogP contribution in [0.2, 0.25) is 0 Å². The van der Waals surface area contributed by atoms with Crippen LogP contribution in [0.5, 0.6) is 0 Å². The molecule has 5 heteroatoms. The summed E-state index contributed by atoms with van der Waals surface area (Å²) in [5.41, 5.74) is 7.67. The van der Waals surface area contributed by atoms with E-state index in [0.29, 0.717) is 6.54 Å². The molecule has 2 aromatic rings. The average Bonchev–Trinajstić information content (AvgIpc) is 2.65. The third-order valence-corrected chi connectivity index (χ3v) is 4.08. The molecule has 17 heavy (non-hydrogen) atoms. The van der Waals surface area contributed by atoms with Crippen LogP contribution in [0.15, 0.2) is 29.4 Å². The highest BCUT2D eigenvalue weighted by molar-refractivity contribution is 7.99. The van der Waals surface area contributed by atoms with Crippen molar-refractivity contribution < 1.29 is 5.11 Å². The molecule has 0 aliphatic carbocycles. The number of nitrogens with two attached hydrogens (primary N) is 1. The summed E-state index contributed by atoms with van der Waals surface area (Å²) in [6.45, 7) is 4.22. The lowest BCUT2D eigenvalue weighted by atomic mass is 10.3. The molecule has 0 aliphatic rings. The highest BCUT2D eigenvalue weighted by Crippen LogP contribution is 2.28. The second-order valence-corrected chi connectivity index (χ2v) is 5.43. The van der Waals surface area contributed by atoms with E-state index in [-0.39, 0.29) is 11.4 Å². The van der Waals surface area contributed by atoms with Crippen LogP contribution in [0.25, 0.3) is 5.65 Å². The smallest absolute Gasteiger partial charge is 0.138 e. The van der Waals surface area contributed by atoms with E-state index in [1.54, 1.807) is 18.7 Å². The van der Waals surface area contributed by atoms with Gasteiger partial charge in [0.05, 0.1) is 11.8 Å². The summed E-state index contributed by atoms with van der Waals surface area (Å²) in [4.78, 5) is 4.54. The fraction of sp³-hybridized carbons (Fsp3) is 0.417. The number of fused-ring (bicyclic) bond motifs is 1. The first-order valence-electron chi connectivity index (χ1n) is 5.64. The van der Waals surface area contributed by atoms with E-state index in [0.717, 1.165) is 16.4 Å². The van der Waals surface area contributed by atoms with E-state index >= 15 is 0 Å². The van der Waals surface area contributed by atoms with Crippen LogP contribution < -0.4 is 5.73 Å². The molecule has 0 spiro atoms. The van der Waals surface area contributed by atoms with Crippen molar-refractivity contribution in [1.82, 2.24) is 9.38 Å². The van der Waals surface area contributed by atoms with Gasteiger partial charge in [-0.1, -0.05) is 24.8 Å². The lowest BCUT2D eigenvalue weighted by Crippen LogP contribution is -2.15. The minimum absolute atomic E-state index is 0.102. The molecular formula is C12H17N3OS. The maximum Gasteiger partial charge on any atom is 0.138 e. The van der Waals surface area contributed by atoms with Gasteiger partial charge in [-0.25, -0.2) is 4.98 Å². The predicted octanol–water partition coefficient (Wildman–Crippen LogP) is 1.65. The van der Waals surface area contributed by atoms with E-state index in [9.17, 15) is 5.11 Å². The zero-order valence-corrected chi connectivity index (χ0v) is 10.8. The molecule has 2 atom stereocenters. The van der Waals surface area contributed by atoms with Crippen LogP contribution >= 0.6 is 11.8 Å². The third kappa shape index (κ3) is 2.46. The van der Waals surface area contributed by atoms with E-state index in [1.165, 1.54) is 0 Å². The number of rotatable bonds is 4. The third-order valence-electron chi connectivity index (χ3n) is 2.76. The second-order valence-electron chi connectivity index (χ2n) is 4.06. The minimum atomic E-state index is -0.365. The average molecular weight is 251 g/mol. The Bertz CT molecular complexity index is 509. The van der Waals surface area contributed by atoms with Crippen LogP contribution in [-0.4, -0.2) is 25.8 Å². The number of imidazole rings is 1. The summed E-state index contributed by atoms with van der Waals surface area (Å²) in [5, 5.41) is 10.5. The first-order valence-corrected chi connectivity index (χ1v) is 6.52. The molecule has 0 bridgehead atoms. The Kier molecular flexibility index (Phi) is 3.71. The van der Waals surface area contributed by atoms with Crippen molar-refractivity contribution >= 4 is 17.4 Å². The molecular weight excluding hydrogens is 234 g/mol. The van der Waals surface area contributed by atoms with Crippen LogP contribution in [0, 0.1) is 0 Å². The van der Waals surface area contributed by atoms with Crippen molar-refractivity contribution in [2.75, 3.05) is 0 Å². The van der Waals surface area contributed by atoms with E-state index in [1.807, 2.05) is 35.7 Å². The van der Waals surface area contributed by atoms with E-state index in [4.69, 9.17) is 5.73 Å². The van der Waals surface area contributed by atoms with Gasteiger partial charge in [0, 0.05) is 18.0 Å². The van der Waals surface area contributed by atoms with Gasteiger partial charge in [-0.3, -0.25) is 0 Å². The molecule has 0 saturated heterocycles. The van der Waals surface area contributed by atoms with Crippen molar-refractivity contribution in [1.29, 1.82) is 0 Å². The van der Waals surface area contributed by atoms with Gasteiger partial charge in [-0.15, -0.1) is 0 Å². The monoisotopic (exact) mass is 251 g/mol. The summed E-state index contributed by atoms with van der Waals surface area (Å²) in [7, 11) is 0. The van der Waals surface area contributed by atoms with Crippen molar-refractivity contribution in [3.63, 3.8) is 0 Å². The minimum Gasteiger partial charge on any atom is -0.392 e. The molecule has 2 heterocycles. The van der Waals surface area contributed by atoms with Crippen LogP contribution in [0.3, 0.4) is 0 Å². The molecule has 0 radical (unpaired) electrons. The summed E-state index contributed by atoms with van der Waals surface area (Å²) >= 11 is 1.57. The summed E-state index contributed by atoms with van der Waals surface area (Å²) in [6.07, 6.45) is 1.59. The van der Waals surface area contributed by atoms with Crippen molar-refractivity contribution in [3.05, 3.63) is 30.1 Å². The molecule has 2 aromatic heterocycles. The Morgan fingerprint density at radius 3 is 2.88 bits per heavy atom. The van der Waals surface area contributed by atoms with Gasteiger partial charge in [0.2, 0.25) is 0 Å². The SMILES string of the molecule is CC(O)C(C)Sc1nc2ccccn2c1CN. The maximum atomic E-state index is 9.53. The number of aliphatic hydroxyl groups is 1. The van der Waals surface area contributed by atoms with Crippen molar-refractivity contribution in [2.45, 2.75) is 36.8 Å². The lowest BCUT2D eigenvalue weighted by Gasteiger charge is -2.12. The number of hydrogen-bond donors (Lipinski definition) is 2. The van der Waals surface area contributed by atoms with Gasteiger partial charge in [-0.2, -0.15) is 0 Å². The second kappa shape index (κ2) is 5.08. The van der Waals surface area contributed by atoms with Crippen LogP contribution in [0.1, 0.15) is 19.5 Å². The first-order chi connectivity index (χ1) is 8.13. The highest BCUT2D eigenvalue weighted by Gasteiger charge is 2.16. The Hall–Kier alpha value is -1.04. The maximum absolute atomic E-state index is 9.53. The number of pyridine rings is 1. The zero-order chi connectivity index (χ0) is 12.4. The Labute approximate surface area is 105 Å². The van der Waals surface area contributed by atoms with E-state index < -0.39 is 0 Å². The quantitative estimate of drug-likeness (QED) is 0.811. The molecule has 0 aliphatic heterocycles. The van der Waals surface area contributed by atoms with Crippen molar-refractivity contribution in [2.24, 2.45) is 5.73 Å².